The monoisotopic (exact) mass is 1940 g/mol. The fraction of sp³-hybridized carbons (Fsp3) is 0.429. The predicted molar refractivity (Wildman–Crippen MR) is 524 cm³/mol. The van der Waals surface area contributed by atoms with Gasteiger partial charge in [0.1, 0.15) is 100 Å². The Balaban J connectivity index is 0.000000116. The van der Waals surface area contributed by atoms with Gasteiger partial charge in [0.05, 0.1) is 46.9 Å². The number of nitrogens with one attached hydrogen (secondary N) is 4. The van der Waals surface area contributed by atoms with Gasteiger partial charge in [-0.2, -0.15) is 26.3 Å². The largest absolute Gasteiger partial charge is 0.491 e. The number of benzene rings is 4. The highest BCUT2D eigenvalue weighted by atomic mass is 32.1. The summed E-state index contributed by atoms with van der Waals surface area (Å²) >= 11 is 5.16. The molecular weight excluding hydrogens is 1830 g/mol. The van der Waals surface area contributed by atoms with Crippen LogP contribution in [0.1, 0.15) is 148 Å². The van der Waals surface area contributed by atoms with Crippen molar-refractivity contribution < 1.29 is 64.5 Å². The van der Waals surface area contributed by atoms with Gasteiger partial charge in [-0.3, -0.25) is 19.2 Å². The van der Waals surface area contributed by atoms with E-state index in [1.807, 2.05) is 76.2 Å². The Hall–Kier alpha value is -11.8. The van der Waals surface area contributed by atoms with E-state index in [1.54, 1.807) is 36.4 Å². The second-order valence-corrected chi connectivity index (χ2v) is 42.0. The molecule has 0 spiro atoms. The quantitative estimate of drug-likeness (QED) is 0.0505. The highest BCUT2D eigenvalue weighted by Crippen LogP contribution is 2.48. The molecule has 4 aromatic carbocycles. The number of hydrogen-bond donors (Lipinski definition) is 12. The first kappa shape index (κ1) is 93.2. The van der Waals surface area contributed by atoms with Crippen LogP contribution in [0.3, 0.4) is 0 Å². The average Bonchev–Trinajstić information content (AvgIpc) is 1.69. The number of carbonyl (C=O) groups is 4. The molecule has 2 saturated carbocycles. The van der Waals surface area contributed by atoms with Gasteiger partial charge < -0.3 is 106 Å². The average molecular weight is 1940 g/mol. The Morgan fingerprint density at radius 1 is 0.382 bits per heavy atom. The first-order valence-electron chi connectivity index (χ1n) is 46.1. The van der Waals surface area contributed by atoms with E-state index in [0.29, 0.717) is 126 Å². The molecule has 12 aromatic rings. The fourth-order valence-electron chi connectivity index (χ4n) is 20.9. The molecule has 136 heavy (non-hydrogen) atoms. The van der Waals surface area contributed by atoms with Gasteiger partial charge in [0.25, 0.3) is 23.6 Å². The van der Waals surface area contributed by atoms with Crippen LogP contribution in [-0.4, -0.2) is 181 Å². The number of carbonyl (C=O) groups excluding carboxylic acids is 4. The minimum Gasteiger partial charge on any atom is -0.491 e. The number of amides is 4. The van der Waals surface area contributed by atoms with Crippen molar-refractivity contribution in [2.45, 2.75) is 189 Å². The van der Waals surface area contributed by atoms with Crippen LogP contribution in [0.2, 0.25) is 0 Å². The summed E-state index contributed by atoms with van der Waals surface area (Å²) in [6.07, 6.45) is 1.57. The number of pyridine rings is 4. The van der Waals surface area contributed by atoms with Crippen LogP contribution >= 0.6 is 45.3 Å². The van der Waals surface area contributed by atoms with Gasteiger partial charge in [0, 0.05) is 154 Å². The molecular formula is C98H110F6N20O8S4. The van der Waals surface area contributed by atoms with E-state index < -0.39 is 24.4 Å². The van der Waals surface area contributed by atoms with Crippen molar-refractivity contribution in [3.8, 4) is 23.0 Å². The molecule has 22 rings (SSSR count). The summed E-state index contributed by atoms with van der Waals surface area (Å²) in [5, 5.41) is 15.3. The van der Waals surface area contributed by atoms with Crippen molar-refractivity contribution in [2.75, 3.05) is 108 Å². The number of rotatable bonds is 12. The predicted octanol–water partition coefficient (Wildman–Crippen LogP) is 14.0. The summed E-state index contributed by atoms with van der Waals surface area (Å²) in [7, 11) is 0. The fourth-order valence-corrected chi connectivity index (χ4v) is 25.1. The SMILES string of the molecule is Cc1ccc2c(N)c(C(=O)N[C@H]3COc4cc(N5CC6CCC[C@@]6(N)C5)ccc4C3)sc2n1.Cc1ccc2c(N)c(C(=O)N[C@H]3COc4cc(N5CC6CCC[C@]6(N)C5)ccc4C3)sc2n1.Cc1ccc2c(N)c(C(=O)N[C@H]3COc4cc(N5C[C@@H](N)CC[C@@H]5C(F)(F)F)ccc4C3)sc2n1.Cc1ccc2c(N)c(C(=O)N[C@H]3COc4cc(N5C[C@H](N)CC[C@H]5C(F)(F)F)ccc4C3)sc2n1. The lowest BCUT2D eigenvalue weighted by Gasteiger charge is -2.41. The maximum Gasteiger partial charge on any atom is 0.408 e. The molecule has 0 radical (unpaired) electrons. The summed E-state index contributed by atoms with van der Waals surface area (Å²) in [5.41, 5.74) is 62.5. The highest BCUT2D eigenvalue weighted by Gasteiger charge is 2.51. The number of alkyl halides is 6. The Bertz CT molecular complexity index is 6240. The summed E-state index contributed by atoms with van der Waals surface area (Å²) in [5.74, 6) is 3.10. The normalized spacial score (nSPS) is 24.3. The van der Waals surface area contributed by atoms with Crippen molar-refractivity contribution in [3.05, 3.63) is 186 Å². The van der Waals surface area contributed by atoms with Gasteiger partial charge in [-0.15, -0.1) is 45.3 Å². The molecule has 8 aromatic heterocycles. The van der Waals surface area contributed by atoms with Crippen molar-refractivity contribution in [1.82, 2.24) is 41.2 Å². The van der Waals surface area contributed by atoms with E-state index in [1.165, 1.54) is 92.2 Å². The molecule has 10 aliphatic rings. The maximum atomic E-state index is 13.6. The van der Waals surface area contributed by atoms with Crippen LogP contribution in [0, 0.1) is 39.5 Å². The van der Waals surface area contributed by atoms with Gasteiger partial charge >= 0.3 is 12.4 Å². The number of aromatic nitrogens is 4. The Kier molecular flexibility index (Phi) is 25.6. The standard InChI is InChI=1S/2C25H29N5O2S.2C24H26F3N5O2S/c2*1-14-4-7-19-21(26)22(33-24(19)28-14)23(31)29-17-9-15-5-6-18(10-20(15)32-12-17)30-11-16-3-2-8-25(16,27)13-30;2*1-12-2-6-17-20(29)21(35-23(17)30-12)22(33)31-15-8-13-3-5-16(9-18(13)34-11-15)32-10-14(28)4-7-19(32)24(25,26)27/h2*4-7,10,16-17H,2-3,8-9,11-13,26-27H2,1H3,(H,29,31);2*2-3,5-6,9,14-15,19H,4,7-8,10-11,28-29H2,1H3,(H,31,33)/t16?,17-,25+;16?,17-,25-;14-,15+,19+;14-,15-,19+/m1101/s1. The number of halogens is 6. The number of hydrogen-bond acceptors (Lipinski definition) is 28. The van der Waals surface area contributed by atoms with Crippen LogP contribution in [0.25, 0.3) is 40.9 Å². The van der Waals surface area contributed by atoms with Crippen molar-refractivity contribution in [1.29, 1.82) is 0 Å². The molecule has 28 nitrogen and oxygen atoms in total. The zero-order chi connectivity index (χ0) is 95.3. The number of ether oxygens (including phenoxy) is 4. The third-order valence-corrected chi connectivity index (χ3v) is 32.6. The van der Waals surface area contributed by atoms with Crippen LogP contribution in [-0.2, 0) is 25.7 Å². The molecule has 38 heteroatoms. The molecule has 2 aliphatic carbocycles. The Labute approximate surface area is 797 Å². The third kappa shape index (κ3) is 19.2. The Morgan fingerprint density at radius 3 is 0.926 bits per heavy atom. The second kappa shape index (κ2) is 37.3. The first-order chi connectivity index (χ1) is 65.0. The minimum absolute atomic E-state index is 0.0329. The molecule has 16 heterocycles. The maximum absolute atomic E-state index is 13.6. The van der Waals surface area contributed by atoms with Crippen LogP contribution in [0.4, 0.5) is 71.8 Å². The number of nitrogens with zero attached hydrogens (tertiary/aromatic N) is 8. The molecule has 0 bridgehead atoms. The minimum atomic E-state index is -4.34. The van der Waals surface area contributed by atoms with Gasteiger partial charge in [-0.1, -0.05) is 37.1 Å². The molecule has 6 fully saturated rings. The first-order valence-corrected chi connectivity index (χ1v) is 49.4. The molecule has 8 aliphatic heterocycles. The van der Waals surface area contributed by atoms with E-state index in [9.17, 15) is 45.5 Å². The molecule has 4 amide bonds. The number of anilines is 8. The lowest BCUT2D eigenvalue weighted by atomic mass is 9.92. The number of fused-ring (bicyclic) bond motifs is 10. The van der Waals surface area contributed by atoms with Gasteiger partial charge in [0.15, 0.2) is 0 Å². The van der Waals surface area contributed by atoms with Gasteiger partial charge in [-0.05, 0) is 212 Å². The number of piperidine rings is 2. The summed E-state index contributed by atoms with van der Waals surface area (Å²) in [6.45, 7) is 13.0. The number of thiophene rings is 4. The van der Waals surface area contributed by atoms with Crippen LogP contribution in [0.5, 0.6) is 23.0 Å². The Morgan fingerprint density at radius 2 is 0.654 bits per heavy atom. The molecule has 716 valence electrons. The molecule has 4 saturated heterocycles. The van der Waals surface area contributed by atoms with Crippen molar-refractivity contribution >= 4 is 155 Å². The van der Waals surface area contributed by atoms with Gasteiger partial charge in [0.2, 0.25) is 0 Å². The molecule has 2 unspecified atom stereocenters. The molecule has 12 atom stereocenters. The lowest BCUT2D eigenvalue weighted by molar-refractivity contribution is -0.153. The smallest absolute Gasteiger partial charge is 0.408 e. The number of aryl methyl sites for hydroxylation is 4. The summed E-state index contributed by atoms with van der Waals surface area (Å²) in [4.78, 5) is 82.0. The zero-order valence-corrected chi connectivity index (χ0v) is 78.9. The van der Waals surface area contributed by atoms with E-state index in [-0.39, 0.29) is 110 Å². The lowest BCUT2D eigenvalue weighted by Crippen LogP contribution is -2.54. The van der Waals surface area contributed by atoms with Crippen LogP contribution in [0.15, 0.2) is 121 Å². The summed E-state index contributed by atoms with van der Waals surface area (Å²) < 4.78 is 106. The van der Waals surface area contributed by atoms with E-state index in [4.69, 9.17) is 64.8 Å². The second-order valence-electron chi connectivity index (χ2n) is 38.0. The molecule has 20 N–H and O–H groups in total. The number of nitrogen functional groups attached to an aromatic ring is 4. The third-order valence-electron chi connectivity index (χ3n) is 28.2. The topological polar surface area (TPSA) is 426 Å². The van der Waals surface area contributed by atoms with E-state index in [2.05, 4.69) is 87.4 Å². The van der Waals surface area contributed by atoms with E-state index in [0.717, 1.165) is 140 Å². The number of nitrogens with two attached hydrogens (primary N) is 8. The van der Waals surface area contributed by atoms with Crippen LogP contribution < -0.4 is 106 Å². The van der Waals surface area contributed by atoms with Crippen molar-refractivity contribution in [3.63, 3.8) is 0 Å². The highest BCUT2D eigenvalue weighted by molar-refractivity contribution is 7.22. The van der Waals surface area contributed by atoms with Crippen molar-refractivity contribution in [2.24, 2.45) is 34.8 Å². The summed E-state index contributed by atoms with van der Waals surface area (Å²) in [6, 6.07) is 33.5. The van der Waals surface area contributed by atoms with E-state index >= 15 is 0 Å². The van der Waals surface area contributed by atoms with Gasteiger partial charge in [-0.25, -0.2) is 19.9 Å². The zero-order valence-electron chi connectivity index (χ0n) is 75.7.